The van der Waals surface area contributed by atoms with Crippen molar-refractivity contribution in [2.75, 3.05) is 39.4 Å². The monoisotopic (exact) mass is 214 g/mol. The molecule has 0 amide bonds. The van der Waals surface area contributed by atoms with Gasteiger partial charge in [0.25, 0.3) is 0 Å². The number of rotatable bonds is 6. The smallest absolute Gasteiger partial charge is 0.0594 e. The van der Waals surface area contributed by atoms with Crippen molar-refractivity contribution in [3.8, 4) is 0 Å². The molecule has 0 bridgehead atoms. The lowest BCUT2D eigenvalue weighted by Crippen LogP contribution is -2.54. The van der Waals surface area contributed by atoms with E-state index in [4.69, 9.17) is 4.74 Å². The summed E-state index contributed by atoms with van der Waals surface area (Å²) in [7, 11) is 0. The zero-order valence-electron chi connectivity index (χ0n) is 10.5. The molecule has 0 saturated carbocycles. The highest BCUT2D eigenvalue weighted by atomic mass is 16.5. The van der Waals surface area contributed by atoms with E-state index < -0.39 is 0 Å². The van der Waals surface area contributed by atoms with E-state index in [0.717, 1.165) is 39.4 Å². The van der Waals surface area contributed by atoms with Gasteiger partial charge in [-0.3, -0.25) is 4.90 Å². The molecule has 1 fully saturated rings. The predicted octanol–water partition coefficient (Wildman–Crippen LogP) is 1.49. The zero-order valence-corrected chi connectivity index (χ0v) is 10.5. The minimum Gasteiger partial charge on any atom is -0.379 e. The molecule has 0 aromatic rings. The molecule has 90 valence electrons. The first-order valence-corrected chi connectivity index (χ1v) is 6.20. The highest BCUT2D eigenvalue weighted by Gasteiger charge is 2.27. The standard InChI is InChI=1S/C12H26N2O/c1-4-5-6-13-11-12(2,3)14-7-9-15-10-8-14/h13H,4-11H2,1-3H3. The van der Waals surface area contributed by atoms with Crippen LogP contribution in [-0.2, 0) is 4.74 Å². The molecule has 0 unspecified atom stereocenters. The average Bonchev–Trinajstić information content (AvgIpc) is 2.26. The second-order valence-corrected chi connectivity index (χ2v) is 4.94. The van der Waals surface area contributed by atoms with Gasteiger partial charge in [-0.05, 0) is 26.8 Å². The van der Waals surface area contributed by atoms with Gasteiger partial charge in [0.1, 0.15) is 0 Å². The number of morpholine rings is 1. The maximum Gasteiger partial charge on any atom is 0.0594 e. The van der Waals surface area contributed by atoms with Crippen LogP contribution in [0.4, 0.5) is 0 Å². The third-order valence-corrected chi connectivity index (χ3v) is 3.13. The molecule has 0 aromatic heterocycles. The maximum atomic E-state index is 5.38. The Morgan fingerprint density at radius 1 is 1.27 bits per heavy atom. The summed E-state index contributed by atoms with van der Waals surface area (Å²) >= 11 is 0. The fraction of sp³-hybridized carbons (Fsp3) is 1.00. The van der Waals surface area contributed by atoms with Gasteiger partial charge >= 0.3 is 0 Å². The van der Waals surface area contributed by atoms with Crippen LogP contribution in [0.3, 0.4) is 0 Å². The van der Waals surface area contributed by atoms with Crippen molar-refractivity contribution in [1.29, 1.82) is 0 Å². The minimum absolute atomic E-state index is 0.261. The summed E-state index contributed by atoms with van der Waals surface area (Å²) in [5.74, 6) is 0. The summed E-state index contributed by atoms with van der Waals surface area (Å²) in [6, 6.07) is 0. The Bertz CT molecular complexity index is 165. The average molecular weight is 214 g/mol. The van der Waals surface area contributed by atoms with Crippen molar-refractivity contribution in [3.05, 3.63) is 0 Å². The van der Waals surface area contributed by atoms with Crippen molar-refractivity contribution in [3.63, 3.8) is 0 Å². The molecule has 1 rings (SSSR count). The van der Waals surface area contributed by atoms with Crippen LogP contribution in [0.15, 0.2) is 0 Å². The van der Waals surface area contributed by atoms with E-state index in [2.05, 4.69) is 31.0 Å². The van der Waals surface area contributed by atoms with Crippen LogP contribution in [0.25, 0.3) is 0 Å². The third-order valence-electron chi connectivity index (χ3n) is 3.13. The molecule has 0 spiro atoms. The number of ether oxygens (including phenoxy) is 1. The predicted molar refractivity (Wildman–Crippen MR) is 64.2 cm³/mol. The largest absolute Gasteiger partial charge is 0.379 e. The van der Waals surface area contributed by atoms with Crippen molar-refractivity contribution in [2.24, 2.45) is 0 Å². The van der Waals surface area contributed by atoms with Gasteiger partial charge in [-0.1, -0.05) is 13.3 Å². The third kappa shape index (κ3) is 4.49. The SMILES string of the molecule is CCCCNCC(C)(C)N1CCOCC1. The first kappa shape index (κ1) is 12.9. The zero-order chi connectivity index (χ0) is 11.1. The Balaban J connectivity index is 2.23. The Labute approximate surface area is 94.2 Å². The summed E-state index contributed by atoms with van der Waals surface area (Å²) in [6.07, 6.45) is 2.55. The molecule has 0 aromatic carbocycles. The molecule has 1 aliphatic rings. The van der Waals surface area contributed by atoms with Crippen molar-refractivity contribution in [1.82, 2.24) is 10.2 Å². The van der Waals surface area contributed by atoms with Gasteiger partial charge in [0.05, 0.1) is 13.2 Å². The van der Waals surface area contributed by atoms with E-state index in [0.29, 0.717) is 0 Å². The first-order valence-electron chi connectivity index (χ1n) is 6.20. The van der Waals surface area contributed by atoms with Gasteiger partial charge in [-0.25, -0.2) is 0 Å². The Morgan fingerprint density at radius 2 is 1.93 bits per heavy atom. The van der Waals surface area contributed by atoms with E-state index in [1.165, 1.54) is 12.8 Å². The summed E-state index contributed by atoms with van der Waals surface area (Å²) in [5.41, 5.74) is 0.261. The van der Waals surface area contributed by atoms with Crippen LogP contribution < -0.4 is 5.32 Å². The summed E-state index contributed by atoms with van der Waals surface area (Å²) in [4.78, 5) is 2.52. The van der Waals surface area contributed by atoms with E-state index in [9.17, 15) is 0 Å². The molecule has 0 aliphatic carbocycles. The van der Waals surface area contributed by atoms with Crippen LogP contribution >= 0.6 is 0 Å². The van der Waals surface area contributed by atoms with Gasteiger partial charge in [0, 0.05) is 25.2 Å². The molecule has 0 radical (unpaired) electrons. The Kier molecular flexibility index (Phi) is 5.58. The van der Waals surface area contributed by atoms with Gasteiger partial charge < -0.3 is 10.1 Å². The van der Waals surface area contributed by atoms with E-state index in [1.54, 1.807) is 0 Å². The summed E-state index contributed by atoms with van der Waals surface area (Å²) in [6.45, 7) is 13.0. The molecule has 1 heterocycles. The number of unbranched alkanes of at least 4 members (excludes halogenated alkanes) is 1. The van der Waals surface area contributed by atoms with Crippen LogP contribution in [-0.4, -0.2) is 49.8 Å². The Morgan fingerprint density at radius 3 is 2.53 bits per heavy atom. The lowest BCUT2D eigenvalue weighted by atomic mass is 10.0. The minimum atomic E-state index is 0.261. The highest BCUT2D eigenvalue weighted by Crippen LogP contribution is 2.14. The van der Waals surface area contributed by atoms with Gasteiger partial charge in [-0.2, -0.15) is 0 Å². The number of hydrogen-bond donors (Lipinski definition) is 1. The molecule has 1 N–H and O–H groups in total. The number of nitrogens with zero attached hydrogens (tertiary/aromatic N) is 1. The molecule has 1 aliphatic heterocycles. The van der Waals surface area contributed by atoms with Gasteiger partial charge in [-0.15, -0.1) is 0 Å². The van der Waals surface area contributed by atoms with Crippen LogP contribution in [0.1, 0.15) is 33.6 Å². The lowest BCUT2D eigenvalue weighted by Gasteiger charge is -2.41. The van der Waals surface area contributed by atoms with Crippen molar-refractivity contribution < 1.29 is 4.74 Å². The Hall–Kier alpha value is -0.120. The van der Waals surface area contributed by atoms with Crippen LogP contribution in [0, 0.1) is 0 Å². The summed E-state index contributed by atoms with van der Waals surface area (Å²) < 4.78 is 5.38. The van der Waals surface area contributed by atoms with Crippen LogP contribution in [0.5, 0.6) is 0 Å². The van der Waals surface area contributed by atoms with Gasteiger partial charge in [0.2, 0.25) is 0 Å². The van der Waals surface area contributed by atoms with Crippen molar-refractivity contribution >= 4 is 0 Å². The fourth-order valence-corrected chi connectivity index (χ4v) is 1.98. The topological polar surface area (TPSA) is 24.5 Å². The normalized spacial score (nSPS) is 19.4. The quantitative estimate of drug-likeness (QED) is 0.678. The van der Waals surface area contributed by atoms with Crippen LogP contribution in [0.2, 0.25) is 0 Å². The van der Waals surface area contributed by atoms with Gasteiger partial charge in [0.15, 0.2) is 0 Å². The molecule has 0 atom stereocenters. The summed E-state index contributed by atoms with van der Waals surface area (Å²) in [5, 5.41) is 3.54. The number of nitrogens with one attached hydrogen (secondary N) is 1. The molecule has 15 heavy (non-hydrogen) atoms. The molecule has 3 heteroatoms. The fourth-order valence-electron chi connectivity index (χ4n) is 1.98. The van der Waals surface area contributed by atoms with E-state index in [-0.39, 0.29) is 5.54 Å². The van der Waals surface area contributed by atoms with Crippen molar-refractivity contribution in [2.45, 2.75) is 39.2 Å². The number of hydrogen-bond acceptors (Lipinski definition) is 3. The second-order valence-electron chi connectivity index (χ2n) is 4.94. The lowest BCUT2D eigenvalue weighted by molar-refractivity contribution is -0.00953. The molecular formula is C12H26N2O. The first-order chi connectivity index (χ1) is 7.17. The van der Waals surface area contributed by atoms with E-state index in [1.807, 2.05) is 0 Å². The highest BCUT2D eigenvalue weighted by molar-refractivity contribution is 4.84. The van der Waals surface area contributed by atoms with E-state index >= 15 is 0 Å². The molecule has 3 nitrogen and oxygen atoms in total. The molecule has 1 saturated heterocycles. The second kappa shape index (κ2) is 6.46. The molecular weight excluding hydrogens is 188 g/mol. The maximum absolute atomic E-state index is 5.38.